The van der Waals surface area contributed by atoms with Crippen LogP contribution in [0.1, 0.15) is 50.7 Å². The average molecular weight is 693 g/mol. The molecule has 53 heavy (non-hydrogen) atoms. The fourth-order valence-corrected chi connectivity index (χ4v) is 7.56. The first-order valence-corrected chi connectivity index (χ1v) is 18.3. The van der Waals surface area contributed by atoms with Gasteiger partial charge in [-0.2, -0.15) is 10.1 Å². The van der Waals surface area contributed by atoms with Gasteiger partial charge in [0.2, 0.25) is 0 Å². The van der Waals surface area contributed by atoms with Gasteiger partial charge in [0.05, 0.1) is 33.8 Å². The highest BCUT2D eigenvalue weighted by Crippen LogP contribution is 2.46. The average Bonchev–Trinajstić information content (AvgIpc) is 3.74. The zero-order valence-corrected chi connectivity index (χ0v) is 30.3. The summed E-state index contributed by atoms with van der Waals surface area (Å²) in [5.74, 6) is 3.09. The fraction of sp³-hybridized carbons (Fsp3) is 0.128. The van der Waals surface area contributed by atoms with Gasteiger partial charge in [0.1, 0.15) is 17.3 Å². The Kier molecular flexibility index (Phi) is 8.17. The molecule has 0 fully saturated rings. The summed E-state index contributed by atoms with van der Waals surface area (Å²) in [5.41, 5.74) is 11.0. The van der Waals surface area contributed by atoms with Crippen molar-refractivity contribution in [3.05, 3.63) is 169 Å². The number of fused-ring (bicyclic) bond motifs is 4. The number of hydrogen-bond acceptors (Lipinski definition) is 5. The van der Waals surface area contributed by atoms with E-state index in [1.807, 2.05) is 89.1 Å². The van der Waals surface area contributed by atoms with Crippen LogP contribution in [0.4, 0.5) is 22.7 Å². The molecule has 6 heteroatoms. The molecule has 1 aliphatic heterocycles. The summed E-state index contributed by atoms with van der Waals surface area (Å²) in [6.07, 6.45) is 1.94. The molecule has 260 valence electrons. The second-order valence-corrected chi connectivity index (χ2v) is 14.1. The van der Waals surface area contributed by atoms with Crippen molar-refractivity contribution in [3.8, 4) is 28.4 Å². The van der Waals surface area contributed by atoms with Crippen molar-refractivity contribution in [1.82, 2.24) is 9.55 Å². The van der Waals surface area contributed by atoms with Gasteiger partial charge in [-0.1, -0.05) is 100 Å². The van der Waals surface area contributed by atoms with Crippen LogP contribution in [-0.2, 0) is 4.94 Å². The quantitative estimate of drug-likeness (QED) is 0.159. The van der Waals surface area contributed by atoms with E-state index in [0.29, 0.717) is 17.6 Å². The van der Waals surface area contributed by atoms with E-state index in [1.165, 1.54) is 27.6 Å². The van der Waals surface area contributed by atoms with Crippen LogP contribution < -0.4 is 14.9 Å². The third-order valence-corrected chi connectivity index (χ3v) is 10.0. The SMILES string of the molecule is CC(C)c1cccc(C(C)C)c1-c1ccnc(-n2c3ccccc3c3ccc(Oc4cccc(N5ON(c6ccccc6)c6ccccc65)c4)cc32)c1. The predicted molar refractivity (Wildman–Crippen MR) is 217 cm³/mol. The van der Waals surface area contributed by atoms with Crippen molar-refractivity contribution >= 4 is 44.6 Å². The summed E-state index contributed by atoms with van der Waals surface area (Å²) in [5, 5.41) is 6.00. The van der Waals surface area contributed by atoms with Crippen LogP contribution in [0.25, 0.3) is 38.8 Å². The lowest BCUT2D eigenvalue weighted by molar-refractivity contribution is 0.156. The van der Waals surface area contributed by atoms with E-state index in [9.17, 15) is 0 Å². The van der Waals surface area contributed by atoms with Crippen LogP contribution in [0.15, 0.2) is 158 Å². The van der Waals surface area contributed by atoms with Crippen molar-refractivity contribution in [2.45, 2.75) is 39.5 Å². The van der Waals surface area contributed by atoms with Gasteiger partial charge in [-0.3, -0.25) is 4.57 Å². The number of ether oxygens (including phenoxy) is 1. The van der Waals surface area contributed by atoms with Crippen LogP contribution in [0.2, 0.25) is 0 Å². The minimum absolute atomic E-state index is 0.390. The highest BCUT2D eigenvalue weighted by atomic mass is 16.8. The van der Waals surface area contributed by atoms with Gasteiger partial charge in [-0.15, -0.1) is 4.94 Å². The predicted octanol–water partition coefficient (Wildman–Crippen LogP) is 13.0. The third-order valence-electron chi connectivity index (χ3n) is 10.0. The number of benzene rings is 6. The Labute approximate surface area is 310 Å². The zero-order chi connectivity index (χ0) is 36.1. The molecule has 0 amide bonds. The standard InChI is InChI=1S/C47H40N4O2/c1-31(2)38-19-13-20-39(32(3)4)47(38)33-26-27-48-46(28-33)49-42-21-9-8-18-40(42)41-25-24-37(30-45(41)49)52-36-17-12-16-35(29-36)51-44-23-11-10-22-43(44)50(53-51)34-14-6-5-7-15-34/h5-32H,1-4H3. The molecule has 1 aliphatic rings. The number of aromatic nitrogens is 2. The lowest BCUT2D eigenvalue weighted by atomic mass is 9.85. The number of anilines is 4. The smallest absolute Gasteiger partial charge is 0.138 e. The molecule has 0 N–H and O–H groups in total. The molecule has 0 saturated carbocycles. The maximum Gasteiger partial charge on any atom is 0.138 e. The molecule has 0 bridgehead atoms. The van der Waals surface area contributed by atoms with Crippen molar-refractivity contribution in [2.24, 2.45) is 0 Å². The van der Waals surface area contributed by atoms with E-state index in [2.05, 4.69) is 111 Å². The van der Waals surface area contributed by atoms with E-state index >= 15 is 0 Å². The Bertz CT molecular complexity index is 2580. The summed E-state index contributed by atoms with van der Waals surface area (Å²) < 4.78 is 8.88. The largest absolute Gasteiger partial charge is 0.457 e. The highest BCUT2D eigenvalue weighted by molar-refractivity contribution is 6.09. The number of pyridine rings is 1. The first-order valence-electron chi connectivity index (χ1n) is 18.3. The summed E-state index contributed by atoms with van der Waals surface area (Å²) in [4.78, 5) is 11.4. The lowest BCUT2D eigenvalue weighted by Gasteiger charge is -2.21. The Morgan fingerprint density at radius 3 is 1.91 bits per heavy atom. The Morgan fingerprint density at radius 1 is 0.528 bits per heavy atom. The van der Waals surface area contributed by atoms with Gasteiger partial charge in [0, 0.05) is 29.1 Å². The second-order valence-electron chi connectivity index (χ2n) is 14.1. The minimum atomic E-state index is 0.390. The van der Waals surface area contributed by atoms with E-state index in [4.69, 9.17) is 14.7 Å². The molecule has 0 aliphatic carbocycles. The van der Waals surface area contributed by atoms with Gasteiger partial charge < -0.3 is 4.74 Å². The van der Waals surface area contributed by atoms with E-state index < -0.39 is 0 Å². The van der Waals surface area contributed by atoms with Gasteiger partial charge in [-0.25, -0.2) is 4.98 Å². The second kappa shape index (κ2) is 13.3. The van der Waals surface area contributed by atoms with Crippen LogP contribution in [0, 0.1) is 0 Å². The van der Waals surface area contributed by atoms with Gasteiger partial charge in [-0.05, 0) is 101 Å². The molecular weight excluding hydrogens is 653 g/mol. The maximum atomic E-state index is 6.62. The van der Waals surface area contributed by atoms with Crippen molar-refractivity contribution < 1.29 is 9.68 Å². The molecule has 9 rings (SSSR count). The normalized spacial score (nSPS) is 12.7. The van der Waals surface area contributed by atoms with Crippen molar-refractivity contribution in [2.75, 3.05) is 10.1 Å². The molecule has 0 radical (unpaired) electrons. The van der Waals surface area contributed by atoms with Gasteiger partial charge >= 0.3 is 0 Å². The van der Waals surface area contributed by atoms with E-state index in [-0.39, 0.29) is 0 Å². The van der Waals surface area contributed by atoms with E-state index in [0.717, 1.165) is 50.7 Å². The molecule has 2 aromatic heterocycles. The molecule has 0 unspecified atom stereocenters. The first-order chi connectivity index (χ1) is 25.9. The molecule has 6 aromatic carbocycles. The number of rotatable bonds is 8. The summed E-state index contributed by atoms with van der Waals surface area (Å²) in [6, 6.07) is 52.2. The number of para-hydroxylation sites is 4. The topological polar surface area (TPSA) is 42.8 Å². The molecular formula is C47H40N4O2. The Hall–Kier alpha value is -6.37. The molecule has 3 heterocycles. The van der Waals surface area contributed by atoms with Crippen LogP contribution in [-0.4, -0.2) is 9.55 Å². The Balaban J connectivity index is 1.10. The third kappa shape index (κ3) is 5.78. The first kappa shape index (κ1) is 32.5. The van der Waals surface area contributed by atoms with E-state index in [1.54, 1.807) is 0 Å². The molecule has 0 atom stereocenters. The van der Waals surface area contributed by atoms with Gasteiger partial charge in [0.15, 0.2) is 0 Å². The summed E-state index contributed by atoms with van der Waals surface area (Å²) >= 11 is 0. The molecule has 6 nitrogen and oxygen atoms in total. The zero-order valence-electron chi connectivity index (χ0n) is 30.3. The highest BCUT2D eigenvalue weighted by Gasteiger charge is 2.30. The molecule has 0 saturated heterocycles. The minimum Gasteiger partial charge on any atom is -0.457 e. The van der Waals surface area contributed by atoms with Crippen molar-refractivity contribution in [1.29, 1.82) is 0 Å². The lowest BCUT2D eigenvalue weighted by Crippen LogP contribution is -2.20. The molecule has 8 aromatic rings. The summed E-state index contributed by atoms with van der Waals surface area (Å²) in [7, 11) is 0. The fourth-order valence-electron chi connectivity index (χ4n) is 7.56. The number of nitrogens with zero attached hydrogens (tertiary/aromatic N) is 4. The molecule has 0 spiro atoms. The monoisotopic (exact) mass is 692 g/mol. The number of hydrogen-bond donors (Lipinski definition) is 0. The maximum absolute atomic E-state index is 6.62. The van der Waals surface area contributed by atoms with Crippen LogP contribution in [0.3, 0.4) is 0 Å². The van der Waals surface area contributed by atoms with Crippen molar-refractivity contribution in [3.63, 3.8) is 0 Å². The Morgan fingerprint density at radius 2 is 1.15 bits per heavy atom. The van der Waals surface area contributed by atoms with Crippen LogP contribution in [0.5, 0.6) is 11.5 Å². The van der Waals surface area contributed by atoms with Gasteiger partial charge in [0.25, 0.3) is 0 Å². The van der Waals surface area contributed by atoms with Crippen LogP contribution >= 0.6 is 0 Å². The summed E-state index contributed by atoms with van der Waals surface area (Å²) in [6.45, 7) is 9.08.